The van der Waals surface area contributed by atoms with E-state index in [1.807, 2.05) is 13.8 Å². The number of primary sulfonamides is 1. The number of carbonyl (C=O) groups excluding carboxylic acids is 3. The molecule has 4 N–H and O–H groups in total. The van der Waals surface area contributed by atoms with Gasteiger partial charge in [-0.2, -0.15) is 0 Å². The summed E-state index contributed by atoms with van der Waals surface area (Å²) >= 11 is 0. The Kier molecular flexibility index (Phi) is 8.29. The van der Waals surface area contributed by atoms with Crippen LogP contribution in [0.4, 0.5) is 5.69 Å². The van der Waals surface area contributed by atoms with Crippen molar-refractivity contribution in [1.29, 1.82) is 0 Å². The maximum absolute atomic E-state index is 12.5. The van der Waals surface area contributed by atoms with Crippen molar-refractivity contribution in [2.24, 2.45) is 11.1 Å². The molecule has 9 nitrogen and oxygen atoms in total. The number of carbonyl (C=O) groups is 3. The van der Waals surface area contributed by atoms with Crippen molar-refractivity contribution < 1.29 is 27.5 Å². The molecule has 2 rings (SSSR count). The zero-order valence-corrected chi connectivity index (χ0v) is 18.0. The molecule has 10 heteroatoms. The Labute approximate surface area is 181 Å². The van der Waals surface area contributed by atoms with Gasteiger partial charge in [0.2, 0.25) is 10.0 Å². The Morgan fingerprint density at radius 1 is 1.00 bits per heavy atom. The van der Waals surface area contributed by atoms with Crippen LogP contribution in [0.15, 0.2) is 59.5 Å². The SMILES string of the molecule is CC(C)C[C@@H](NC(=O)c1ccccc1)C(=O)OCC(=O)Nc1ccc(S(N)(=O)=O)cc1. The fraction of sp³-hybridized carbons (Fsp3) is 0.286. The lowest BCUT2D eigenvalue weighted by Crippen LogP contribution is -2.43. The number of sulfonamides is 1. The van der Waals surface area contributed by atoms with E-state index in [1.54, 1.807) is 30.3 Å². The summed E-state index contributed by atoms with van der Waals surface area (Å²) in [5.41, 5.74) is 0.717. The molecule has 0 spiro atoms. The zero-order valence-electron chi connectivity index (χ0n) is 17.2. The maximum Gasteiger partial charge on any atom is 0.329 e. The van der Waals surface area contributed by atoms with Crippen LogP contribution in [0.5, 0.6) is 0 Å². The van der Waals surface area contributed by atoms with Gasteiger partial charge in [-0.3, -0.25) is 9.59 Å². The van der Waals surface area contributed by atoms with Gasteiger partial charge in [-0.1, -0.05) is 32.0 Å². The number of nitrogens with one attached hydrogen (secondary N) is 2. The first kappa shape index (κ1) is 24.0. The average Bonchev–Trinajstić information content (AvgIpc) is 2.71. The Bertz CT molecular complexity index is 1020. The van der Waals surface area contributed by atoms with E-state index in [9.17, 15) is 22.8 Å². The molecule has 0 aliphatic rings. The number of benzene rings is 2. The first-order valence-electron chi connectivity index (χ1n) is 9.51. The van der Waals surface area contributed by atoms with Gasteiger partial charge < -0.3 is 15.4 Å². The molecule has 0 saturated carbocycles. The summed E-state index contributed by atoms with van der Waals surface area (Å²) < 4.78 is 27.6. The second-order valence-electron chi connectivity index (χ2n) is 7.25. The number of esters is 1. The fourth-order valence-electron chi connectivity index (χ4n) is 2.68. The van der Waals surface area contributed by atoms with E-state index >= 15 is 0 Å². The summed E-state index contributed by atoms with van der Waals surface area (Å²) in [6.45, 7) is 3.23. The molecule has 0 heterocycles. The standard InChI is InChI=1S/C21H25N3O6S/c1-14(2)12-18(24-20(26)15-6-4-3-5-7-15)21(27)30-13-19(25)23-16-8-10-17(11-9-16)31(22,28)29/h3-11,14,18H,12-13H2,1-2H3,(H,23,25)(H,24,26)(H2,22,28,29)/t18-/m1/s1. The Hall–Kier alpha value is -3.24. The van der Waals surface area contributed by atoms with E-state index in [0.717, 1.165) is 0 Å². The zero-order chi connectivity index (χ0) is 23.0. The molecule has 1 atom stereocenters. The molecule has 0 aliphatic heterocycles. The molecule has 2 aromatic rings. The van der Waals surface area contributed by atoms with E-state index in [1.165, 1.54) is 24.3 Å². The molecular formula is C21H25N3O6S. The van der Waals surface area contributed by atoms with Crippen molar-refractivity contribution in [2.75, 3.05) is 11.9 Å². The predicted octanol–water partition coefficient (Wildman–Crippen LogP) is 1.66. The lowest BCUT2D eigenvalue weighted by molar-refractivity contribution is -0.149. The molecule has 0 saturated heterocycles. The van der Waals surface area contributed by atoms with Gasteiger partial charge >= 0.3 is 5.97 Å². The number of hydrogen-bond donors (Lipinski definition) is 3. The molecule has 0 unspecified atom stereocenters. The van der Waals surface area contributed by atoms with Crippen molar-refractivity contribution in [3.05, 3.63) is 60.2 Å². The van der Waals surface area contributed by atoms with Gasteiger partial charge in [0.1, 0.15) is 6.04 Å². The Morgan fingerprint density at radius 3 is 2.16 bits per heavy atom. The minimum Gasteiger partial charge on any atom is -0.454 e. The van der Waals surface area contributed by atoms with Gasteiger partial charge in [0.15, 0.2) is 6.61 Å². The van der Waals surface area contributed by atoms with Crippen LogP contribution in [-0.2, 0) is 24.3 Å². The third-order valence-corrected chi connectivity index (χ3v) is 5.07. The number of nitrogens with two attached hydrogens (primary N) is 1. The van der Waals surface area contributed by atoms with Crippen LogP contribution in [0.1, 0.15) is 30.6 Å². The third-order valence-electron chi connectivity index (χ3n) is 4.15. The Balaban J connectivity index is 1.93. The summed E-state index contributed by atoms with van der Waals surface area (Å²) in [6.07, 6.45) is 0.341. The van der Waals surface area contributed by atoms with Crippen LogP contribution in [-0.4, -0.2) is 38.9 Å². The normalized spacial score (nSPS) is 12.1. The molecule has 0 aromatic heterocycles. The van der Waals surface area contributed by atoms with Crippen LogP contribution < -0.4 is 15.8 Å². The van der Waals surface area contributed by atoms with Gasteiger partial charge in [0, 0.05) is 11.3 Å². The second-order valence-corrected chi connectivity index (χ2v) is 8.81. The third kappa shape index (κ3) is 7.83. The van der Waals surface area contributed by atoms with E-state index in [0.29, 0.717) is 17.7 Å². The number of hydrogen-bond acceptors (Lipinski definition) is 6. The second kappa shape index (κ2) is 10.7. The van der Waals surface area contributed by atoms with Crippen molar-refractivity contribution in [1.82, 2.24) is 5.32 Å². The number of anilines is 1. The summed E-state index contributed by atoms with van der Waals surface area (Å²) in [4.78, 5) is 36.8. The summed E-state index contributed by atoms with van der Waals surface area (Å²) in [7, 11) is -3.84. The lowest BCUT2D eigenvalue weighted by atomic mass is 10.0. The van der Waals surface area contributed by atoms with Crippen LogP contribution >= 0.6 is 0 Å². The smallest absolute Gasteiger partial charge is 0.329 e. The van der Waals surface area contributed by atoms with E-state index in [-0.39, 0.29) is 10.8 Å². The largest absolute Gasteiger partial charge is 0.454 e. The van der Waals surface area contributed by atoms with Crippen molar-refractivity contribution in [3.63, 3.8) is 0 Å². The fourth-order valence-corrected chi connectivity index (χ4v) is 3.19. The van der Waals surface area contributed by atoms with Crippen molar-refractivity contribution in [3.8, 4) is 0 Å². The summed E-state index contributed by atoms with van der Waals surface area (Å²) in [6, 6.07) is 12.8. The van der Waals surface area contributed by atoms with Crippen LogP contribution in [0, 0.1) is 5.92 Å². The average molecular weight is 448 g/mol. The quantitative estimate of drug-likeness (QED) is 0.499. The highest BCUT2D eigenvalue weighted by atomic mass is 32.2. The van der Waals surface area contributed by atoms with Gasteiger partial charge in [0.25, 0.3) is 11.8 Å². The molecule has 2 amide bonds. The van der Waals surface area contributed by atoms with E-state index in [2.05, 4.69) is 10.6 Å². The summed E-state index contributed by atoms with van der Waals surface area (Å²) in [5.74, 6) is -1.66. The van der Waals surface area contributed by atoms with Gasteiger partial charge in [-0.15, -0.1) is 0 Å². The number of ether oxygens (including phenoxy) is 1. The topological polar surface area (TPSA) is 145 Å². The van der Waals surface area contributed by atoms with Crippen LogP contribution in [0.3, 0.4) is 0 Å². The highest BCUT2D eigenvalue weighted by molar-refractivity contribution is 7.89. The highest BCUT2D eigenvalue weighted by Crippen LogP contribution is 2.13. The van der Waals surface area contributed by atoms with Gasteiger partial charge in [-0.25, -0.2) is 18.4 Å². The number of amides is 2. The molecule has 0 bridgehead atoms. The first-order chi connectivity index (χ1) is 14.6. The minimum atomic E-state index is -3.84. The van der Waals surface area contributed by atoms with Crippen LogP contribution in [0.25, 0.3) is 0 Å². The molecule has 0 aliphatic carbocycles. The lowest BCUT2D eigenvalue weighted by Gasteiger charge is -2.19. The monoisotopic (exact) mass is 447 g/mol. The van der Waals surface area contributed by atoms with Crippen LogP contribution in [0.2, 0.25) is 0 Å². The van der Waals surface area contributed by atoms with E-state index < -0.39 is 40.5 Å². The molecule has 0 fully saturated rings. The van der Waals surface area contributed by atoms with Crippen molar-refractivity contribution >= 4 is 33.5 Å². The number of rotatable bonds is 9. The predicted molar refractivity (Wildman–Crippen MR) is 115 cm³/mol. The first-order valence-corrected chi connectivity index (χ1v) is 11.1. The van der Waals surface area contributed by atoms with Crippen molar-refractivity contribution in [2.45, 2.75) is 31.2 Å². The summed E-state index contributed by atoms with van der Waals surface area (Å²) in [5, 5.41) is 10.1. The minimum absolute atomic E-state index is 0.0948. The molecular weight excluding hydrogens is 422 g/mol. The highest BCUT2D eigenvalue weighted by Gasteiger charge is 2.24. The van der Waals surface area contributed by atoms with Gasteiger partial charge in [-0.05, 0) is 48.7 Å². The molecule has 166 valence electrons. The Morgan fingerprint density at radius 2 is 1.61 bits per heavy atom. The maximum atomic E-state index is 12.5. The molecule has 2 aromatic carbocycles. The van der Waals surface area contributed by atoms with E-state index in [4.69, 9.17) is 9.88 Å². The van der Waals surface area contributed by atoms with Gasteiger partial charge in [0.05, 0.1) is 4.90 Å². The molecule has 31 heavy (non-hydrogen) atoms. The molecule has 0 radical (unpaired) electrons.